The summed E-state index contributed by atoms with van der Waals surface area (Å²) in [6, 6.07) is 7.49. The molecule has 2 N–H and O–H groups in total. The van der Waals surface area contributed by atoms with E-state index in [0.717, 1.165) is 12.1 Å². The number of oxime groups is 1. The van der Waals surface area contributed by atoms with Crippen LogP contribution in [-0.2, 0) is 10.4 Å². The fourth-order valence-corrected chi connectivity index (χ4v) is 3.83. The first-order chi connectivity index (χ1) is 15.3. The Hall–Kier alpha value is -2.50. The maximum Gasteiger partial charge on any atom is 0.435 e. The molecule has 0 bridgehead atoms. The molecule has 1 unspecified atom stereocenters. The van der Waals surface area contributed by atoms with E-state index in [0.29, 0.717) is 5.56 Å². The number of nitrogens with one attached hydrogen (secondary N) is 1. The molecule has 3 rings (SSSR count). The largest absolute Gasteiger partial charge is 0.435 e. The molecule has 0 amide bonds. The number of hydroxylamine groups is 1. The molecule has 0 saturated carbocycles. The molecule has 1 heterocycles. The molecule has 0 radical (unpaired) electrons. The quantitative estimate of drug-likeness (QED) is 0.222. The predicted molar refractivity (Wildman–Crippen MR) is 110 cm³/mol. The van der Waals surface area contributed by atoms with Crippen LogP contribution in [0.5, 0.6) is 0 Å². The fourth-order valence-electron chi connectivity index (χ4n) is 3.30. The molecule has 0 aliphatic carbocycles. The molecule has 178 valence electrons. The van der Waals surface area contributed by atoms with E-state index in [1.807, 2.05) is 0 Å². The number of rotatable bonds is 4. The Morgan fingerprint density at radius 1 is 1.12 bits per heavy atom. The van der Waals surface area contributed by atoms with Crippen LogP contribution in [-0.4, -0.2) is 35.7 Å². The second kappa shape index (κ2) is 9.03. The summed E-state index contributed by atoms with van der Waals surface area (Å²) in [6.07, 6.45) is -10.2. The predicted octanol–water partition coefficient (Wildman–Crippen LogP) is 6.17. The van der Waals surface area contributed by atoms with Gasteiger partial charge in [0.25, 0.3) is 5.60 Å². The van der Waals surface area contributed by atoms with Gasteiger partial charge in [-0.3, -0.25) is 15.7 Å². The number of hydrogen-bond donors (Lipinski definition) is 2. The van der Waals surface area contributed by atoms with Crippen molar-refractivity contribution in [1.82, 2.24) is 5.48 Å². The average molecular weight is 514 g/mol. The van der Waals surface area contributed by atoms with Crippen molar-refractivity contribution >= 4 is 34.7 Å². The van der Waals surface area contributed by atoms with E-state index < -0.39 is 36.8 Å². The number of aliphatic imine (C=N–C) groups is 1. The monoisotopic (exact) mass is 513 g/mol. The van der Waals surface area contributed by atoms with Gasteiger partial charge in [0.1, 0.15) is 6.54 Å². The maximum absolute atomic E-state index is 14.1. The van der Waals surface area contributed by atoms with Gasteiger partial charge in [0.05, 0.1) is 5.71 Å². The zero-order valence-corrected chi connectivity index (χ0v) is 18.2. The number of halogens is 8. The molecule has 1 aliphatic heterocycles. The van der Waals surface area contributed by atoms with Crippen molar-refractivity contribution in [2.24, 2.45) is 10.1 Å². The van der Waals surface area contributed by atoms with Gasteiger partial charge in [0, 0.05) is 27.6 Å². The third-order valence-electron chi connectivity index (χ3n) is 4.85. The second-order valence-corrected chi connectivity index (χ2v) is 8.08. The van der Waals surface area contributed by atoms with Crippen molar-refractivity contribution in [1.29, 1.82) is 0 Å². The van der Waals surface area contributed by atoms with E-state index in [4.69, 9.17) is 28.0 Å². The minimum absolute atomic E-state index is 0.0134. The number of benzene rings is 2. The molecule has 0 spiro atoms. The highest BCUT2D eigenvalue weighted by Crippen LogP contribution is 2.49. The van der Waals surface area contributed by atoms with Gasteiger partial charge in [-0.05, 0) is 42.3 Å². The van der Waals surface area contributed by atoms with E-state index in [-0.39, 0.29) is 32.4 Å². The highest BCUT2D eigenvalue weighted by Gasteiger charge is 2.62. The van der Waals surface area contributed by atoms with Crippen LogP contribution in [0.2, 0.25) is 10.0 Å². The summed E-state index contributed by atoms with van der Waals surface area (Å²) in [5.74, 6) is -0.445. The normalized spacial score (nSPS) is 19.3. The van der Waals surface area contributed by atoms with E-state index in [2.05, 4.69) is 10.1 Å². The van der Waals surface area contributed by atoms with Crippen LogP contribution in [0, 0.1) is 6.92 Å². The lowest BCUT2D eigenvalue weighted by Gasteiger charge is -2.29. The zero-order valence-electron chi connectivity index (χ0n) is 16.7. The molecule has 2 aromatic carbocycles. The van der Waals surface area contributed by atoms with Crippen LogP contribution in [0.4, 0.5) is 26.3 Å². The standard InChI is InChI=1S/C20H15Cl2F6N3O2/c1-10-4-11(2-3-15(10)17(30-32)29-9-19(23,24)25)16-8-18(33-31-16,20(26,27)28)12-5-13(21)7-14(22)6-12/h2-7,32H,8-9H2,1H3,(H,29,30). The second-order valence-electron chi connectivity index (χ2n) is 7.21. The molecule has 0 saturated heterocycles. The summed E-state index contributed by atoms with van der Waals surface area (Å²) in [4.78, 5) is 8.21. The minimum Gasteiger partial charge on any atom is -0.374 e. The van der Waals surface area contributed by atoms with Crippen LogP contribution in [0.25, 0.3) is 0 Å². The molecule has 2 aromatic rings. The number of amidine groups is 1. The van der Waals surface area contributed by atoms with Gasteiger partial charge in [-0.1, -0.05) is 40.5 Å². The Kier molecular flexibility index (Phi) is 6.88. The molecule has 13 heteroatoms. The van der Waals surface area contributed by atoms with Crippen molar-refractivity contribution in [2.45, 2.75) is 31.3 Å². The van der Waals surface area contributed by atoms with Crippen molar-refractivity contribution in [3.63, 3.8) is 0 Å². The lowest BCUT2D eigenvalue weighted by molar-refractivity contribution is -0.275. The van der Waals surface area contributed by atoms with Crippen molar-refractivity contribution in [2.75, 3.05) is 6.54 Å². The lowest BCUT2D eigenvalue weighted by Crippen LogP contribution is -2.42. The summed E-state index contributed by atoms with van der Waals surface area (Å²) in [5, 5.41) is 12.8. The number of hydrogen-bond acceptors (Lipinski definition) is 4. The van der Waals surface area contributed by atoms with Crippen molar-refractivity contribution in [3.8, 4) is 0 Å². The summed E-state index contributed by atoms with van der Waals surface area (Å²) in [6.45, 7) is -0.0443. The van der Waals surface area contributed by atoms with E-state index in [9.17, 15) is 31.5 Å². The van der Waals surface area contributed by atoms with E-state index >= 15 is 0 Å². The molecule has 5 nitrogen and oxygen atoms in total. The Labute approximate surface area is 193 Å². The average Bonchev–Trinajstić information content (AvgIpc) is 3.15. The molecule has 33 heavy (non-hydrogen) atoms. The van der Waals surface area contributed by atoms with Gasteiger partial charge in [-0.25, -0.2) is 0 Å². The third kappa shape index (κ3) is 5.36. The first kappa shape index (κ1) is 25.1. The van der Waals surface area contributed by atoms with Crippen LogP contribution >= 0.6 is 23.2 Å². The van der Waals surface area contributed by atoms with Crippen LogP contribution in [0.1, 0.15) is 28.7 Å². The first-order valence-electron chi connectivity index (χ1n) is 9.17. The van der Waals surface area contributed by atoms with Gasteiger partial charge >= 0.3 is 12.4 Å². The highest BCUT2D eigenvalue weighted by molar-refractivity contribution is 6.34. The molecule has 0 aromatic heterocycles. The molecule has 1 aliphatic rings. The molecule has 0 fully saturated rings. The number of alkyl halides is 6. The molecular weight excluding hydrogens is 499 g/mol. The van der Waals surface area contributed by atoms with Gasteiger partial charge in [-0.15, -0.1) is 0 Å². The molecule has 1 atom stereocenters. The van der Waals surface area contributed by atoms with Crippen LogP contribution in [0.3, 0.4) is 0 Å². The van der Waals surface area contributed by atoms with E-state index in [1.165, 1.54) is 31.2 Å². The number of nitrogens with zero attached hydrogens (tertiary/aromatic N) is 2. The summed E-state index contributed by atoms with van der Waals surface area (Å²) < 4.78 is 79.6. The Bertz CT molecular complexity index is 1100. The Morgan fingerprint density at radius 2 is 1.76 bits per heavy atom. The Morgan fingerprint density at radius 3 is 2.27 bits per heavy atom. The maximum atomic E-state index is 14.1. The highest BCUT2D eigenvalue weighted by atomic mass is 35.5. The van der Waals surface area contributed by atoms with Gasteiger partial charge < -0.3 is 4.84 Å². The Balaban J connectivity index is 1.94. The van der Waals surface area contributed by atoms with Crippen molar-refractivity contribution < 1.29 is 36.4 Å². The fraction of sp³-hybridized carbons (Fsp3) is 0.300. The molecular formula is C20H15Cl2F6N3O2. The van der Waals surface area contributed by atoms with Gasteiger partial charge in [-0.2, -0.15) is 26.3 Å². The third-order valence-corrected chi connectivity index (χ3v) is 5.29. The van der Waals surface area contributed by atoms with Crippen LogP contribution in [0.15, 0.2) is 46.5 Å². The summed E-state index contributed by atoms with van der Waals surface area (Å²) in [5.41, 5.74) is -0.912. The summed E-state index contributed by atoms with van der Waals surface area (Å²) >= 11 is 11.8. The lowest BCUT2D eigenvalue weighted by atomic mass is 9.86. The zero-order chi connectivity index (χ0) is 24.6. The summed E-state index contributed by atoms with van der Waals surface area (Å²) in [7, 11) is 0. The topological polar surface area (TPSA) is 66.2 Å². The smallest absolute Gasteiger partial charge is 0.374 e. The first-order valence-corrected chi connectivity index (χ1v) is 9.92. The van der Waals surface area contributed by atoms with E-state index in [1.54, 1.807) is 5.48 Å². The SMILES string of the molecule is Cc1cc(C2=NOC(c3cc(Cl)cc(Cl)c3)(C(F)(F)F)C2)ccc1/C(=N/CC(F)(F)F)NO. The minimum atomic E-state index is -4.88. The van der Waals surface area contributed by atoms with Crippen molar-refractivity contribution in [3.05, 3.63) is 68.7 Å². The van der Waals surface area contributed by atoms with Gasteiger partial charge in [0.15, 0.2) is 5.84 Å². The van der Waals surface area contributed by atoms with Crippen LogP contribution < -0.4 is 5.48 Å². The van der Waals surface area contributed by atoms with Gasteiger partial charge in [0.2, 0.25) is 0 Å². The number of aryl methyl sites for hydroxylation is 1.